The highest BCUT2D eigenvalue weighted by molar-refractivity contribution is 5.54. The molecule has 0 fully saturated rings. The van der Waals surface area contributed by atoms with Crippen LogP contribution >= 0.6 is 0 Å². The van der Waals surface area contributed by atoms with Crippen molar-refractivity contribution in [3.63, 3.8) is 0 Å². The number of rotatable bonds is 4. The lowest BCUT2D eigenvalue weighted by molar-refractivity contribution is 0.306. The molecule has 2 rings (SSSR count). The monoisotopic (exact) mass is 261 g/mol. The number of hydrogen-bond donors (Lipinski definition) is 1. The molecule has 0 aliphatic heterocycles. The zero-order valence-electron chi connectivity index (χ0n) is 10.9. The summed E-state index contributed by atoms with van der Waals surface area (Å²) in [6.45, 7) is 2.03. The molecule has 2 aromatic carbocycles. The van der Waals surface area contributed by atoms with Crippen LogP contribution in [0.4, 0.5) is 10.1 Å². The van der Waals surface area contributed by atoms with Gasteiger partial charge in [-0.1, -0.05) is 12.1 Å². The lowest BCUT2D eigenvalue weighted by Crippen LogP contribution is -2.00. The lowest BCUT2D eigenvalue weighted by atomic mass is 10.2. The van der Waals surface area contributed by atoms with Gasteiger partial charge in [0.15, 0.2) is 0 Å². The minimum atomic E-state index is -0.328. The van der Waals surface area contributed by atoms with Crippen LogP contribution in [0, 0.1) is 12.7 Å². The maximum Gasteiger partial charge on any atom is 0.143 e. The molecule has 0 aliphatic carbocycles. The maximum atomic E-state index is 13.3. The van der Waals surface area contributed by atoms with Crippen molar-refractivity contribution in [3.05, 3.63) is 53.3 Å². The zero-order chi connectivity index (χ0) is 13.8. The minimum absolute atomic E-state index is 0.297. The standard InChI is InChI=1S/C15H16FNO2/c1-10-6-15(14(17)8-13(10)16)19-9-11-4-3-5-12(7-11)18-2/h3-8H,9,17H2,1-2H3. The predicted molar refractivity (Wildman–Crippen MR) is 72.9 cm³/mol. The van der Waals surface area contributed by atoms with Crippen molar-refractivity contribution < 1.29 is 13.9 Å². The third kappa shape index (κ3) is 3.16. The molecule has 0 unspecified atom stereocenters. The Bertz CT molecular complexity index is 584. The van der Waals surface area contributed by atoms with E-state index in [-0.39, 0.29) is 5.82 Å². The summed E-state index contributed by atoms with van der Waals surface area (Å²) in [5, 5.41) is 0. The Kier molecular flexibility index (Phi) is 3.90. The summed E-state index contributed by atoms with van der Waals surface area (Å²) in [6.07, 6.45) is 0. The van der Waals surface area contributed by atoms with Gasteiger partial charge < -0.3 is 15.2 Å². The Morgan fingerprint density at radius 2 is 2.00 bits per heavy atom. The average Bonchev–Trinajstić information content (AvgIpc) is 2.41. The van der Waals surface area contributed by atoms with E-state index in [1.807, 2.05) is 24.3 Å². The van der Waals surface area contributed by atoms with Crippen molar-refractivity contribution in [1.29, 1.82) is 0 Å². The predicted octanol–water partition coefficient (Wildman–Crippen LogP) is 3.30. The van der Waals surface area contributed by atoms with Crippen molar-refractivity contribution >= 4 is 5.69 Å². The lowest BCUT2D eigenvalue weighted by Gasteiger charge is -2.11. The van der Waals surface area contributed by atoms with Crippen LogP contribution < -0.4 is 15.2 Å². The van der Waals surface area contributed by atoms with Gasteiger partial charge in [-0.15, -0.1) is 0 Å². The molecular formula is C15H16FNO2. The van der Waals surface area contributed by atoms with E-state index in [9.17, 15) is 4.39 Å². The van der Waals surface area contributed by atoms with Crippen LogP contribution in [-0.4, -0.2) is 7.11 Å². The highest BCUT2D eigenvalue weighted by Crippen LogP contribution is 2.26. The second-order valence-electron chi connectivity index (χ2n) is 4.28. The molecule has 0 saturated heterocycles. The Labute approximate surface area is 111 Å². The second-order valence-corrected chi connectivity index (χ2v) is 4.28. The molecule has 0 aliphatic rings. The molecule has 0 radical (unpaired) electrons. The van der Waals surface area contributed by atoms with Crippen LogP contribution in [0.15, 0.2) is 36.4 Å². The van der Waals surface area contributed by atoms with Crippen LogP contribution in [0.1, 0.15) is 11.1 Å². The fourth-order valence-electron chi connectivity index (χ4n) is 1.72. The van der Waals surface area contributed by atoms with Gasteiger partial charge in [0.25, 0.3) is 0 Å². The number of ether oxygens (including phenoxy) is 2. The van der Waals surface area contributed by atoms with Gasteiger partial charge in [-0.3, -0.25) is 0 Å². The van der Waals surface area contributed by atoms with Crippen LogP contribution in [0.3, 0.4) is 0 Å². The number of hydrogen-bond acceptors (Lipinski definition) is 3. The van der Waals surface area contributed by atoms with E-state index in [1.165, 1.54) is 6.07 Å². The average molecular weight is 261 g/mol. The molecule has 0 saturated carbocycles. The summed E-state index contributed by atoms with van der Waals surface area (Å²) >= 11 is 0. The summed E-state index contributed by atoms with van der Waals surface area (Å²) in [5.74, 6) is 0.928. The number of methoxy groups -OCH3 is 1. The minimum Gasteiger partial charge on any atom is -0.497 e. The Morgan fingerprint density at radius 1 is 1.21 bits per heavy atom. The fourth-order valence-corrected chi connectivity index (χ4v) is 1.72. The molecule has 4 heteroatoms. The van der Waals surface area contributed by atoms with E-state index < -0.39 is 0 Å². The second kappa shape index (κ2) is 5.61. The fraction of sp³-hybridized carbons (Fsp3) is 0.200. The van der Waals surface area contributed by atoms with Gasteiger partial charge in [-0.25, -0.2) is 4.39 Å². The Morgan fingerprint density at radius 3 is 2.74 bits per heavy atom. The van der Waals surface area contributed by atoms with E-state index in [2.05, 4.69) is 0 Å². The summed E-state index contributed by atoms with van der Waals surface area (Å²) < 4.78 is 24.0. The Balaban J connectivity index is 2.12. The van der Waals surface area contributed by atoms with Crippen LogP contribution in [0.25, 0.3) is 0 Å². The summed E-state index contributed by atoms with van der Waals surface area (Å²) in [6, 6.07) is 10.4. The highest BCUT2D eigenvalue weighted by Gasteiger charge is 2.06. The molecule has 3 nitrogen and oxygen atoms in total. The quantitative estimate of drug-likeness (QED) is 0.859. The van der Waals surface area contributed by atoms with E-state index in [4.69, 9.17) is 15.2 Å². The van der Waals surface area contributed by atoms with Crippen molar-refractivity contribution in [3.8, 4) is 11.5 Å². The highest BCUT2D eigenvalue weighted by atomic mass is 19.1. The molecule has 2 N–H and O–H groups in total. The number of aryl methyl sites for hydroxylation is 1. The molecular weight excluding hydrogens is 245 g/mol. The number of halogens is 1. The van der Waals surface area contributed by atoms with Gasteiger partial charge >= 0.3 is 0 Å². The largest absolute Gasteiger partial charge is 0.497 e. The zero-order valence-corrected chi connectivity index (χ0v) is 10.9. The molecule has 19 heavy (non-hydrogen) atoms. The smallest absolute Gasteiger partial charge is 0.143 e. The number of nitrogens with two attached hydrogens (primary N) is 1. The van der Waals surface area contributed by atoms with Gasteiger partial charge in [0, 0.05) is 6.07 Å². The first kappa shape index (κ1) is 13.2. The first-order valence-corrected chi connectivity index (χ1v) is 5.91. The van der Waals surface area contributed by atoms with E-state index in [1.54, 1.807) is 20.1 Å². The van der Waals surface area contributed by atoms with Crippen LogP contribution in [-0.2, 0) is 6.61 Å². The van der Waals surface area contributed by atoms with E-state index >= 15 is 0 Å². The van der Waals surface area contributed by atoms with Gasteiger partial charge in [-0.2, -0.15) is 0 Å². The topological polar surface area (TPSA) is 44.5 Å². The molecule has 2 aromatic rings. The molecule has 0 heterocycles. The Hall–Kier alpha value is -2.23. The van der Waals surface area contributed by atoms with E-state index in [0.29, 0.717) is 23.6 Å². The SMILES string of the molecule is COc1cccc(COc2cc(C)c(F)cc2N)c1. The third-order valence-corrected chi connectivity index (χ3v) is 2.82. The van der Waals surface area contributed by atoms with E-state index in [0.717, 1.165) is 11.3 Å². The third-order valence-electron chi connectivity index (χ3n) is 2.82. The molecule has 0 spiro atoms. The van der Waals surface area contributed by atoms with Gasteiger partial charge in [-0.05, 0) is 36.2 Å². The van der Waals surface area contributed by atoms with Crippen molar-refractivity contribution in [1.82, 2.24) is 0 Å². The van der Waals surface area contributed by atoms with Crippen molar-refractivity contribution in [2.45, 2.75) is 13.5 Å². The first-order chi connectivity index (χ1) is 9.10. The van der Waals surface area contributed by atoms with Crippen molar-refractivity contribution in [2.75, 3.05) is 12.8 Å². The molecule has 0 bridgehead atoms. The normalized spacial score (nSPS) is 10.3. The first-order valence-electron chi connectivity index (χ1n) is 5.91. The number of anilines is 1. The van der Waals surface area contributed by atoms with Gasteiger partial charge in [0.2, 0.25) is 0 Å². The van der Waals surface area contributed by atoms with Gasteiger partial charge in [0.1, 0.15) is 23.9 Å². The van der Waals surface area contributed by atoms with Crippen molar-refractivity contribution in [2.24, 2.45) is 0 Å². The maximum absolute atomic E-state index is 13.3. The van der Waals surface area contributed by atoms with Gasteiger partial charge in [0.05, 0.1) is 12.8 Å². The molecule has 100 valence electrons. The summed E-state index contributed by atoms with van der Waals surface area (Å²) in [5.41, 5.74) is 7.49. The molecule has 0 aromatic heterocycles. The summed E-state index contributed by atoms with van der Waals surface area (Å²) in [7, 11) is 1.61. The number of benzene rings is 2. The number of nitrogen functional groups attached to an aromatic ring is 1. The molecule has 0 amide bonds. The van der Waals surface area contributed by atoms with Crippen LogP contribution in [0.2, 0.25) is 0 Å². The molecule has 0 atom stereocenters. The van der Waals surface area contributed by atoms with Crippen LogP contribution in [0.5, 0.6) is 11.5 Å². The summed E-state index contributed by atoms with van der Waals surface area (Å²) in [4.78, 5) is 0.